The van der Waals surface area contributed by atoms with E-state index in [2.05, 4.69) is 35.6 Å². The molecule has 9 heteroatoms. The van der Waals surface area contributed by atoms with E-state index in [0.717, 1.165) is 83.1 Å². The van der Waals surface area contributed by atoms with Crippen LogP contribution >= 0.6 is 0 Å². The van der Waals surface area contributed by atoms with E-state index in [4.69, 9.17) is 13.9 Å². The van der Waals surface area contributed by atoms with Crippen molar-refractivity contribution in [1.82, 2.24) is 14.7 Å². The summed E-state index contributed by atoms with van der Waals surface area (Å²) in [6.07, 6.45) is 9.69. The number of amides is 2. The highest BCUT2D eigenvalue weighted by atomic mass is 16.7. The van der Waals surface area contributed by atoms with Crippen LogP contribution in [0.5, 0.6) is 0 Å². The van der Waals surface area contributed by atoms with Crippen LogP contribution in [0.3, 0.4) is 0 Å². The minimum Gasteiger partial charge on any atom is -0.459 e. The van der Waals surface area contributed by atoms with Crippen molar-refractivity contribution in [2.75, 3.05) is 40.3 Å². The van der Waals surface area contributed by atoms with Gasteiger partial charge in [0, 0.05) is 57.0 Å². The molecule has 0 bridgehead atoms. The molecular formula is C34H49N3O6. The van der Waals surface area contributed by atoms with Crippen molar-refractivity contribution in [3.05, 3.63) is 34.4 Å². The molecule has 43 heavy (non-hydrogen) atoms. The van der Waals surface area contributed by atoms with Crippen LogP contribution in [0.2, 0.25) is 0 Å². The molecule has 9 nitrogen and oxygen atoms in total. The average molecular weight is 596 g/mol. The third-order valence-corrected chi connectivity index (χ3v) is 13.3. The maximum atomic E-state index is 13.6. The molecule has 7 rings (SSSR count). The number of carbonyl (C=O) groups is 2. The number of fused-ring (bicyclic) bond motifs is 3. The van der Waals surface area contributed by atoms with Gasteiger partial charge < -0.3 is 28.6 Å². The SMILES string of the molecule is CC(=O)O[C@H]1[C@H]2O[C@]23[C@@H]2CC[C@@H]4C[C@@H](N(C)C(=O)N5CCCN(C)CC5)CC[C@]4(C)[C@H]2CC[C@]3(C)[C@H]1c1ccc(=O)oc1. The molecule has 6 aliphatic rings. The molecule has 0 unspecified atom stereocenters. The molecular weight excluding hydrogens is 546 g/mol. The predicted molar refractivity (Wildman–Crippen MR) is 161 cm³/mol. The second kappa shape index (κ2) is 10.3. The van der Waals surface area contributed by atoms with Gasteiger partial charge in [-0.15, -0.1) is 0 Å². The summed E-state index contributed by atoms with van der Waals surface area (Å²) in [6, 6.07) is 3.82. The minimum absolute atomic E-state index is 0.0693. The fourth-order valence-electron chi connectivity index (χ4n) is 11.1. The zero-order chi connectivity index (χ0) is 30.3. The molecule has 1 aromatic rings. The summed E-state index contributed by atoms with van der Waals surface area (Å²) in [5.74, 6) is 1.16. The Kier molecular flexibility index (Phi) is 7.04. The van der Waals surface area contributed by atoms with Gasteiger partial charge in [-0.3, -0.25) is 4.79 Å². The van der Waals surface area contributed by atoms with Gasteiger partial charge in [0.1, 0.15) is 17.8 Å². The number of carbonyl (C=O) groups excluding carboxylic acids is 2. The monoisotopic (exact) mass is 595 g/mol. The molecule has 1 aromatic heterocycles. The standard InChI is InChI=1S/C34H49N3O6/c1-21(38)42-29-28(22-7-10-27(39)41-20-22)33(3)14-12-25-26(34(33)30(29)43-34)9-8-23-19-24(11-13-32(23,25)2)36(5)31(40)37-16-6-15-35(4)17-18-37/h7,10,20,23-26,28-30H,6,8-9,11-19H2,1-5H3/t23-,24+,25+,26-,28+,29-,30-,32+,33-,34-/m1/s1. The molecule has 0 radical (unpaired) electrons. The fourth-order valence-corrected chi connectivity index (χ4v) is 11.1. The van der Waals surface area contributed by atoms with Crippen LogP contribution in [0, 0.1) is 28.6 Å². The Morgan fingerprint density at radius 1 is 1.02 bits per heavy atom. The number of urea groups is 1. The van der Waals surface area contributed by atoms with Crippen LogP contribution in [0.25, 0.3) is 0 Å². The smallest absolute Gasteiger partial charge is 0.335 e. The number of rotatable bonds is 3. The average Bonchev–Trinajstić information content (AvgIpc) is 3.72. The van der Waals surface area contributed by atoms with Crippen LogP contribution in [0.4, 0.5) is 4.79 Å². The van der Waals surface area contributed by atoms with Crippen LogP contribution in [0.15, 0.2) is 27.6 Å². The van der Waals surface area contributed by atoms with Crippen molar-refractivity contribution in [3.63, 3.8) is 0 Å². The van der Waals surface area contributed by atoms with E-state index in [1.807, 2.05) is 13.1 Å². The Labute approximate surface area is 255 Å². The highest BCUT2D eigenvalue weighted by molar-refractivity contribution is 5.74. The Morgan fingerprint density at radius 2 is 1.84 bits per heavy atom. The van der Waals surface area contributed by atoms with Crippen LogP contribution in [-0.2, 0) is 14.3 Å². The fraction of sp³-hybridized carbons (Fsp3) is 0.794. The van der Waals surface area contributed by atoms with Crippen molar-refractivity contribution in [3.8, 4) is 0 Å². The lowest BCUT2D eigenvalue weighted by Crippen LogP contribution is -2.59. The zero-order valence-electron chi connectivity index (χ0n) is 26.5. The second-order valence-electron chi connectivity index (χ2n) is 15.2. The lowest BCUT2D eigenvalue weighted by molar-refractivity contribution is -0.156. The zero-order valence-corrected chi connectivity index (χ0v) is 26.5. The maximum absolute atomic E-state index is 13.6. The number of epoxide rings is 1. The first-order chi connectivity index (χ1) is 20.5. The Hall–Kier alpha value is -2.39. The Morgan fingerprint density at radius 3 is 2.58 bits per heavy atom. The second-order valence-corrected chi connectivity index (χ2v) is 15.2. The van der Waals surface area contributed by atoms with E-state index in [9.17, 15) is 14.4 Å². The molecule has 2 aliphatic heterocycles. The molecule has 1 spiro atoms. The molecule has 6 fully saturated rings. The van der Waals surface area contributed by atoms with E-state index in [-0.39, 0.29) is 58.2 Å². The quantitative estimate of drug-likeness (QED) is 0.375. The predicted octanol–water partition coefficient (Wildman–Crippen LogP) is 4.50. The maximum Gasteiger partial charge on any atom is 0.335 e. The van der Waals surface area contributed by atoms with E-state index in [1.54, 1.807) is 6.26 Å². The molecule has 10 atom stereocenters. The lowest BCUT2D eigenvalue weighted by atomic mass is 9.44. The summed E-state index contributed by atoms with van der Waals surface area (Å²) in [7, 11) is 4.17. The van der Waals surface area contributed by atoms with Gasteiger partial charge in [-0.25, -0.2) is 9.59 Å². The van der Waals surface area contributed by atoms with Crippen LogP contribution < -0.4 is 5.63 Å². The van der Waals surface area contributed by atoms with Gasteiger partial charge >= 0.3 is 17.6 Å². The summed E-state index contributed by atoms with van der Waals surface area (Å²) >= 11 is 0. The number of hydrogen-bond donors (Lipinski definition) is 0. The lowest BCUT2D eigenvalue weighted by Gasteiger charge is -2.61. The summed E-state index contributed by atoms with van der Waals surface area (Å²) < 4.78 is 18.1. The number of esters is 1. The van der Waals surface area contributed by atoms with Crippen molar-refractivity contribution < 1.29 is 23.5 Å². The molecule has 236 valence electrons. The molecule has 0 aromatic carbocycles. The van der Waals surface area contributed by atoms with E-state index in [1.165, 1.54) is 13.0 Å². The highest BCUT2D eigenvalue weighted by Gasteiger charge is 2.84. The summed E-state index contributed by atoms with van der Waals surface area (Å²) in [5, 5.41) is 0. The van der Waals surface area contributed by atoms with Crippen molar-refractivity contribution in [2.45, 2.75) is 102 Å². The van der Waals surface area contributed by atoms with Crippen molar-refractivity contribution in [1.29, 1.82) is 0 Å². The molecule has 2 amide bonds. The largest absolute Gasteiger partial charge is 0.459 e. The van der Waals surface area contributed by atoms with Gasteiger partial charge in [-0.2, -0.15) is 0 Å². The first-order valence-corrected chi connectivity index (χ1v) is 16.6. The third-order valence-electron chi connectivity index (χ3n) is 13.3. The number of hydrogen-bond acceptors (Lipinski definition) is 7. The highest BCUT2D eigenvalue weighted by Crippen LogP contribution is 2.78. The molecule has 3 heterocycles. The van der Waals surface area contributed by atoms with Gasteiger partial charge in [0.15, 0.2) is 0 Å². The third kappa shape index (κ3) is 4.34. The summed E-state index contributed by atoms with van der Waals surface area (Å²) in [6.45, 7) is 9.97. The normalized spacial score (nSPS) is 43.8. The van der Waals surface area contributed by atoms with E-state index < -0.39 is 0 Å². The van der Waals surface area contributed by atoms with Gasteiger partial charge in [0.2, 0.25) is 0 Å². The first kappa shape index (κ1) is 29.3. The van der Waals surface area contributed by atoms with Gasteiger partial charge in [0.25, 0.3) is 0 Å². The van der Waals surface area contributed by atoms with Crippen LogP contribution in [0.1, 0.15) is 83.6 Å². The van der Waals surface area contributed by atoms with Gasteiger partial charge in [0.05, 0.1) is 6.26 Å². The van der Waals surface area contributed by atoms with Gasteiger partial charge in [-0.05, 0) is 99.8 Å². The topological polar surface area (TPSA) is 95.8 Å². The number of likely N-dealkylation sites (N-methyl/N-ethyl adjacent to an activating group) is 1. The van der Waals surface area contributed by atoms with Crippen molar-refractivity contribution in [2.24, 2.45) is 28.6 Å². The molecule has 4 aliphatic carbocycles. The van der Waals surface area contributed by atoms with Crippen LogP contribution in [-0.4, -0.2) is 90.8 Å². The Balaban J connectivity index is 1.11. The van der Waals surface area contributed by atoms with E-state index >= 15 is 0 Å². The summed E-state index contributed by atoms with van der Waals surface area (Å²) in [5.41, 5.74) is 0.215. The first-order valence-electron chi connectivity index (χ1n) is 16.6. The molecule has 2 saturated heterocycles. The molecule has 0 N–H and O–H groups in total. The van der Waals surface area contributed by atoms with Crippen molar-refractivity contribution >= 4 is 12.0 Å². The summed E-state index contributed by atoms with van der Waals surface area (Å²) in [4.78, 5) is 44.1. The van der Waals surface area contributed by atoms with Gasteiger partial charge in [-0.1, -0.05) is 13.8 Å². The number of ether oxygens (including phenoxy) is 2. The molecule has 4 saturated carbocycles. The minimum atomic E-state index is -0.381. The van der Waals surface area contributed by atoms with E-state index in [0.29, 0.717) is 17.8 Å². The number of nitrogens with zero attached hydrogens (tertiary/aromatic N) is 3. The Bertz CT molecular complexity index is 1310.